The van der Waals surface area contributed by atoms with Gasteiger partial charge in [0.2, 0.25) is 5.89 Å². The Labute approximate surface area is 82.7 Å². The molecule has 0 unspecified atom stereocenters. The molecular weight excluding hydrogens is 209 g/mol. The van der Waals surface area contributed by atoms with Crippen molar-refractivity contribution in [2.45, 2.75) is 12.6 Å². The summed E-state index contributed by atoms with van der Waals surface area (Å²) in [6, 6.07) is 4.68. The molecule has 0 aliphatic carbocycles. The monoisotopic (exact) mass is 216 g/mol. The smallest absolute Gasteiger partial charge is 0.397 e. The molecule has 1 aromatic carbocycles. The van der Waals surface area contributed by atoms with E-state index in [1.54, 1.807) is 12.1 Å². The Hall–Kier alpha value is -1.72. The molecule has 6 heteroatoms. The van der Waals surface area contributed by atoms with Crippen molar-refractivity contribution in [1.82, 2.24) is 4.98 Å². The summed E-state index contributed by atoms with van der Waals surface area (Å²) in [5.74, 6) is -0.365. The standard InChI is InChI=1S/C9H7F3N2O/c10-9(11,12)4-7-14-8-5(13)2-1-3-6(8)15-7/h1-3H,4,13H2. The maximum Gasteiger partial charge on any atom is 0.397 e. The van der Waals surface area contributed by atoms with Gasteiger partial charge in [0.1, 0.15) is 11.9 Å². The van der Waals surface area contributed by atoms with Gasteiger partial charge in [-0.05, 0) is 12.1 Å². The van der Waals surface area contributed by atoms with E-state index < -0.39 is 12.6 Å². The van der Waals surface area contributed by atoms with E-state index in [0.717, 1.165) is 0 Å². The van der Waals surface area contributed by atoms with E-state index in [-0.39, 0.29) is 17.0 Å². The van der Waals surface area contributed by atoms with Gasteiger partial charge in [-0.15, -0.1) is 0 Å². The fourth-order valence-corrected chi connectivity index (χ4v) is 1.26. The highest BCUT2D eigenvalue weighted by molar-refractivity contribution is 5.85. The lowest BCUT2D eigenvalue weighted by Crippen LogP contribution is -2.11. The van der Waals surface area contributed by atoms with Gasteiger partial charge < -0.3 is 10.2 Å². The van der Waals surface area contributed by atoms with E-state index in [1.165, 1.54) is 6.07 Å². The first-order chi connectivity index (χ1) is 6.96. The van der Waals surface area contributed by atoms with Crippen LogP contribution in [0.15, 0.2) is 22.6 Å². The normalized spacial score (nSPS) is 12.2. The van der Waals surface area contributed by atoms with E-state index in [4.69, 9.17) is 10.2 Å². The number of halogens is 3. The Bertz CT molecular complexity index is 490. The average Bonchev–Trinajstić information content (AvgIpc) is 2.45. The minimum Gasteiger partial charge on any atom is -0.440 e. The van der Waals surface area contributed by atoms with E-state index in [0.29, 0.717) is 5.69 Å². The molecule has 3 nitrogen and oxygen atoms in total. The number of aromatic nitrogens is 1. The lowest BCUT2D eigenvalue weighted by atomic mass is 10.3. The highest BCUT2D eigenvalue weighted by Crippen LogP contribution is 2.26. The van der Waals surface area contributed by atoms with E-state index >= 15 is 0 Å². The number of hydrogen-bond donors (Lipinski definition) is 1. The van der Waals surface area contributed by atoms with E-state index in [2.05, 4.69) is 4.98 Å². The Morgan fingerprint density at radius 2 is 2.07 bits per heavy atom. The van der Waals surface area contributed by atoms with Crippen LogP contribution in [0.5, 0.6) is 0 Å². The molecule has 1 heterocycles. The Balaban J connectivity index is 2.44. The first kappa shape index (κ1) is 9.82. The third-order valence-electron chi connectivity index (χ3n) is 1.85. The summed E-state index contributed by atoms with van der Waals surface area (Å²) < 4.78 is 41.0. The Morgan fingerprint density at radius 3 is 2.67 bits per heavy atom. The molecule has 0 saturated heterocycles. The number of oxazole rings is 1. The van der Waals surface area contributed by atoms with E-state index in [1.807, 2.05) is 0 Å². The molecule has 0 saturated carbocycles. The maximum atomic E-state index is 12.0. The SMILES string of the molecule is Nc1cccc2oc(CC(F)(F)F)nc12. The van der Waals surface area contributed by atoms with E-state index in [9.17, 15) is 13.2 Å². The van der Waals surface area contributed by atoms with Crippen molar-refractivity contribution in [3.63, 3.8) is 0 Å². The van der Waals surface area contributed by atoms with Crippen LogP contribution < -0.4 is 5.73 Å². The summed E-state index contributed by atoms with van der Waals surface area (Å²) in [6.45, 7) is 0. The Kier molecular flexibility index (Phi) is 2.06. The second-order valence-corrected chi connectivity index (χ2v) is 3.09. The largest absolute Gasteiger partial charge is 0.440 e. The summed E-state index contributed by atoms with van der Waals surface area (Å²) >= 11 is 0. The molecule has 0 bridgehead atoms. The highest BCUT2D eigenvalue weighted by atomic mass is 19.4. The van der Waals surface area contributed by atoms with Crippen molar-refractivity contribution < 1.29 is 17.6 Å². The average molecular weight is 216 g/mol. The van der Waals surface area contributed by atoms with Crippen LogP contribution >= 0.6 is 0 Å². The topological polar surface area (TPSA) is 52.0 Å². The number of para-hydroxylation sites is 1. The fraction of sp³-hybridized carbons (Fsp3) is 0.222. The molecule has 1 aromatic heterocycles. The first-order valence-corrected chi connectivity index (χ1v) is 4.16. The van der Waals surface area contributed by atoms with Gasteiger partial charge in [0.15, 0.2) is 5.58 Å². The number of nitrogen functional groups attached to an aromatic ring is 1. The van der Waals surface area contributed by atoms with Gasteiger partial charge in [0.25, 0.3) is 0 Å². The number of fused-ring (bicyclic) bond motifs is 1. The van der Waals surface area contributed by atoms with Crippen LogP contribution in [0.4, 0.5) is 18.9 Å². The molecule has 0 radical (unpaired) electrons. The zero-order chi connectivity index (χ0) is 11.1. The minimum atomic E-state index is -4.32. The van der Waals surface area contributed by atoms with Crippen molar-refractivity contribution >= 4 is 16.8 Å². The van der Waals surface area contributed by atoms with Crippen molar-refractivity contribution in [3.05, 3.63) is 24.1 Å². The van der Waals surface area contributed by atoms with Gasteiger partial charge >= 0.3 is 6.18 Å². The van der Waals surface area contributed by atoms with Gasteiger partial charge in [0.05, 0.1) is 5.69 Å². The maximum absolute atomic E-state index is 12.0. The van der Waals surface area contributed by atoms with Gasteiger partial charge in [-0.25, -0.2) is 4.98 Å². The zero-order valence-corrected chi connectivity index (χ0v) is 7.51. The molecular formula is C9H7F3N2O. The third kappa shape index (κ3) is 2.03. The van der Waals surface area contributed by atoms with Gasteiger partial charge in [-0.1, -0.05) is 6.07 Å². The minimum absolute atomic E-state index is 0.272. The summed E-state index contributed by atoms with van der Waals surface area (Å²) in [5, 5.41) is 0. The zero-order valence-electron chi connectivity index (χ0n) is 7.51. The second-order valence-electron chi connectivity index (χ2n) is 3.09. The van der Waals surface area contributed by atoms with Gasteiger partial charge in [-0.2, -0.15) is 13.2 Å². The number of anilines is 1. The lowest BCUT2D eigenvalue weighted by Gasteiger charge is -2.00. The molecule has 2 aromatic rings. The number of benzene rings is 1. The van der Waals surface area contributed by atoms with Crippen molar-refractivity contribution in [1.29, 1.82) is 0 Å². The van der Waals surface area contributed by atoms with Crippen LogP contribution in [0.1, 0.15) is 5.89 Å². The van der Waals surface area contributed by atoms with Crippen LogP contribution in [-0.2, 0) is 6.42 Å². The molecule has 0 aliphatic rings. The molecule has 2 rings (SSSR count). The number of rotatable bonds is 1. The number of nitrogens with two attached hydrogens (primary N) is 1. The Morgan fingerprint density at radius 1 is 1.33 bits per heavy atom. The molecule has 0 spiro atoms. The van der Waals surface area contributed by atoms with Crippen LogP contribution in [-0.4, -0.2) is 11.2 Å². The van der Waals surface area contributed by atoms with Crippen LogP contribution in [0, 0.1) is 0 Å². The lowest BCUT2D eigenvalue weighted by molar-refractivity contribution is -0.130. The van der Waals surface area contributed by atoms with Crippen LogP contribution in [0.2, 0.25) is 0 Å². The van der Waals surface area contributed by atoms with Crippen LogP contribution in [0.25, 0.3) is 11.1 Å². The summed E-state index contributed by atoms with van der Waals surface area (Å²) in [4.78, 5) is 3.69. The molecule has 0 fully saturated rings. The summed E-state index contributed by atoms with van der Waals surface area (Å²) in [6.07, 6.45) is -5.50. The summed E-state index contributed by atoms with van der Waals surface area (Å²) in [7, 11) is 0. The third-order valence-corrected chi connectivity index (χ3v) is 1.85. The van der Waals surface area contributed by atoms with Crippen LogP contribution in [0.3, 0.4) is 0 Å². The van der Waals surface area contributed by atoms with Crippen molar-refractivity contribution in [2.75, 3.05) is 5.73 Å². The van der Waals surface area contributed by atoms with Crippen molar-refractivity contribution in [3.8, 4) is 0 Å². The van der Waals surface area contributed by atoms with Gasteiger partial charge in [-0.3, -0.25) is 0 Å². The highest BCUT2D eigenvalue weighted by Gasteiger charge is 2.30. The molecule has 15 heavy (non-hydrogen) atoms. The molecule has 0 atom stereocenters. The number of hydrogen-bond acceptors (Lipinski definition) is 3. The molecule has 0 amide bonds. The molecule has 0 aliphatic heterocycles. The first-order valence-electron chi connectivity index (χ1n) is 4.16. The molecule has 80 valence electrons. The quantitative estimate of drug-likeness (QED) is 0.745. The van der Waals surface area contributed by atoms with Crippen molar-refractivity contribution in [2.24, 2.45) is 0 Å². The molecule has 2 N–H and O–H groups in total. The number of alkyl halides is 3. The predicted octanol–water partition coefficient (Wildman–Crippen LogP) is 2.51. The predicted molar refractivity (Wildman–Crippen MR) is 48.2 cm³/mol. The summed E-state index contributed by atoms with van der Waals surface area (Å²) in [5.41, 5.74) is 6.39. The second kappa shape index (κ2) is 3.15. The van der Waals surface area contributed by atoms with Gasteiger partial charge in [0, 0.05) is 0 Å². The number of nitrogens with zero attached hydrogens (tertiary/aromatic N) is 1. The fourth-order valence-electron chi connectivity index (χ4n) is 1.26.